The highest BCUT2D eigenvalue weighted by Crippen LogP contribution is 2.14. The first-order valence-corrected chi connectivity index (χ1v) is 13.4. The van der Waals surface area contributed by atoms with Gasteiger partial charge in [-0.15, -0.1) is 0 Å². The molecular formula is C28H54O3. The van der Waals surface area contributed by atoms with Crippen LogP contribution in [0, 0.1) is 0 Å². The summed E-state index contributed by atoms with van der Waals surface area (Å²) in [6, 6.07) is 0. The van der Waals surface area contributed by atoms with Crippen molar-refractivity contribution in [1.82, 2.24) is 0 Å². The molecule has 0 aromatic rings. The standard InChI is InChI=1S/C28H54O3/c1-3-4-5-6-7-8-9-10-11-12-13-14-15-16-17-18-19-20-21-22-23-27(2)25-31-26-28(30)24-29/h19-20,25,28-30H,3-18,21-24,26H2,1-2H3/b20-19-,27-25+/t28-/m0/s1. The van der Waals surface area contributed by atoms with Crippen molar-refractivity contribution in [3.8, 4) is 0 Å². The molecule has 0 radical (unpaired) electrons. The molecule has 2 N–H and O–H groups in total. The quantitative estimate of drug-likeness (QED) is 0.0906. The Hall–Kier alpha value is -0.800. The van der Waals surface area contributed by atoms with Gasteiger partial charge in [0.1, 0.15) is 12.7 Å². The molecule has 0 bridgehead atoms. The van der Waals surface area contributed by atoms with Crippen molar-refractivity contribution in [3.63, 3.8) is 0 Å². The minimum Gasteiger partial charge on any atom is -0.498 e. The molecule has 31 heavy (non-hydrogen) atoms. The third kappa shape index (κ3) is 25.3. The van der Waals surface area contributed by atoms with Gasteiger partial charge in [-0.1, -0.05) is 109 Å². The lowest BCUT2D eigenvalue weighted by Crippen LogP contribution is -2.17. The molecule has 0 saturated heterocycles. The summed E-state index contributed by atoms with van der Waals surface area (Å²) in [7, 11) is 0. The fourth-order valence-electron chi connectivity index (χ4n) is 3.78. The summed E-state index contributed by atoms with van der Waals surface area (Å²) in [5, 5.41) is 17.9. The van der Waals surface area contributed by atoms with E-state index in [2.05, 4.69) is 19.1 Å². The first-order valence-electron chi connectivity index (χ1n) is 13.4. The number of hydrogen-bond donors (Lipinski definition) is 2. The molecule has 0 aliphatic rings. The monoisotopic (exact) mass is 438 g/mol. The van der Waals surface area contributed by atoms with Gasteiger partial charge in [0, 0.05) is 0 Å². The predicted molar refractivity (Wildman–Crippen MR) is 135 cm³/mol. The molecule has 0 aliphatic heterocycles. The molecule has 0 saturated carbocycles. The van der Waals surface area contributed by atoms with Crippen LogP contribution in [0.2, 0.25) is 0 Å². The average molecular weight is 439 g/mol. The lowest BCUT2D eigenvalue weighted by atomic mass is 10.0. The Morgan fingerprint density at radius 3 is 1.65 bits per heavy atom. The predicted octanol–water partition coefficient (Wildman–Crippen LogP) is 8.25. The minimum atomic E-state index is -0.785. The van der Waals surface area contributed by atoms with Crippen LogP contribution in [-0.2, 0) is 4.74 Å². The molecule has 0 fully saturated rings. The van der Waals surface area contributed by atoms with Crippen LogP contribution in [0.3, 0.4) is 0 Å². The van der Waals surface area contributed by atoms with Crippen molar-refractivity contribution in [2.75, 3.05) is 13.2 Å². The second-order valence-corrected chi connectivity index (χ2v) is 9.24. The molecule has 0 aromatic carbocycles. The van der Waals surface area contributed by atoms with Gasteiger partial charge in [0.15, 0.2) is 0 Å². The smallest absolute Gasteiger partial charge is 0.115 e. The van der Waals surface area contributed by atoms with Crippen LogP contribution in [0.1, 0.15) is 136 Å². The molecule has 3 heteroatoms. The number of ether oxygens (including phenoxy) is 1. The van der Waals surface area contributed by atoms with E-state index >= 15 is 0 Å². The third-order valence-electron chi connectivity index (χ3n) is 5.87. The number of aliphatic hydroxyl groups is 2. The molecule has 184 valence electrons. The lowest BCUT2D eigenvalue weighted by molar-refractivity contribution is 0.0378. The van der Waals surface area contributed by atoms with E-state index in [-0.39, 0.29) is 13.2 Å². The van der Waals surface area contributed by atoms with Crippen molar-refractivity contribution < 1.29 is 14.9 Å². The van der Waals surface area contributed by atoms with Crippen LogP contribution in [0.5, 0.6) is 0 Å². The van der Waals surface area contributed by atoms with Gasteiger partial charge in [0.2, 0.25) is 0 Å². The van der Waals surface area contributed by atoms with E-state index in [0.717, 1.165) is 19.3 Å². The highest BCUT2D eigenvalue weighted by Gasteiger charge is 2.00. The van der Waals surface area contributed by atoms with Gasteiger partial charge in [-0.3, -0.25) is 0 Å². The van der Waals surface area contributed by atoms with Crippen molar-refractivity contribution in [2.24, 2.45) is 0 Å². The largest absolute Gasteiger partial charge is 0.498 e. The summed E-state index contributed by atoms with van der Waals surface area (Å²) >= 11 is 0. The molecule has 1 atom stereocenters. The van der Waals surface area contributed by atoms with Crippen LogP contribution in [-0.4, -0.2) is 29.5 Å². The molecule has 0 rings (SSSR count). The first kappa shape index (κ1) is 30.2. The average Bonchev–Trinajstić information content (AvgIpc) is 2.77. The van der Waals surface area contributed by atoms with Gasteiger partial charge in [-0.05, 0) is 44.6 Å². The summed E-state index contributed by atoms with van der Waals surface area (Å²) in [5.41, 5.74) is 1.18. The summed E-state index contributed by atoms with van der Waals surface area (Å²) in [6.45, 7) is 4.24. The summed E-state index contributed by atoms with van der Waals surface area (Å²) in [5.74, 6) is 0. The van der Waals surface area contributed by atoms with Crippen LogP contribution in [0.15, 0.2) is 24.0 Å². The van der Waals surface area contributed by atoms with Gasteiger partial charge >= 0.3 is 0 Å². The highest BCUT2D eigenvalue weighted by atomic mass is 16.5. The maximum absolute atomic E-state index is 9.21. The number of aliphatic hydroxyl groups excluding tert-OH is 2. The maximum Gasteiger partial charge on any atom is 0.115 e. The summed E-state index contributed by atoms with van der Waals surface area (Å²) in [4.78, 5) is 0. The molecule has 0 spiro atoms. The first-order chi connectivity index (χ1) is 15.2. The van der Waals surface area contributed by atoms with E-state index in [0.29, 0.717) is 0 Å². The topological polar surface area (TPSA) is 49.7 Å². The second-order valence-electron chi connectivity index (χ2n) is 9.24. The van der Waals surface area contributed by atoms with Crippen LogP contribution in [0.25, 0.3) is 0 Å². The summed E-state index contributed by atoms with van der Waals surface area (Å²) in [6.07, 6.45) is 31.4. The molecule has 0 unspecified atom stereocenters. The van der Waals surface area contributed by atoms with Crippen LogP contribution >= 0.6 is 0 Å². The number of hydrogen-bond acceptors (Lipinski definition) is 3. The van der Waals surface area contributed by atoms with Crippen LogP contribution in [0.4, 0.5) is 0 Å². The van der Waals surface area contributed by atoms with Gasteiger partial charge < -0.3 is 14.9 Å². The maximum atomic E-state index is 9.21. The Kier molecular flexibility index (Phi) is 24.8. The Morgan fingerprint density at radius 2 is 1.16 bits per heavy atom. The Morgan fingerprint density at radius 1 is 0.710 bits per heavy atom. The van der Waals surface area contributed by atoms with Gasteiger partial charge in [0.25, 0.3) is 0 Å². The number of allylic oxidation sites excluding steroid dienone is 3. The van der Waals surface area contributed by atoms with E-state index in [4.69, 9.17) is 9.84 Å². The van der Waals surface area contributed by atoms with Crippen molar-refractivity contribution in [2.45, 2.75) is 142 Å². The van der Waals surface area contributed by atoms with Gasteiger partial charge in [-0.25, -0.2) is 0 Å². The zero-order valence-electron chi connectivity index (χ0n) is 21.0. The third-order valence-corrected chi connectivity index (χ3v) is 5.87. The van der Waals surface area contributed by atoms with Gasteiger partial charge in [0.05, 0.1) is 12.9 Å². The van der Waals surface area contributed by atoms with E-state index in [1.54, 1.807) is 6.26 Å². The fraction of sp³-hybridized carbons (Fsp3) is 0.857. The zero-order chi connectivity index (χ0) is 22.8. The van der Waals surface area contributed by atoms with Crippen molar-refractivity contribution in [3.05, 3.63) is 24.0 Å². The molecule has 3 nitrogen and oxygen atoms in total. The normalized spacial score (nSPS) is 13.2. The highest BCUT2D eigenvalue weighted by molar-refractivity contribution is 4.94. The lowest BCUT2D eigenvalue weighted by Gasteiger charge is -2.07. The van der Waals surface area contributed by atoms with Crippen molar-refractivity contribution in [1.29, 1.82) is 0 Å². The molecule has 0 aromatic heterocycles. The number of rotatable bonds is 24. The molecule has 0 heterocycles. The number of unbranched alkanes of at least 4 members (excludes halogenated alkanes) is 16. The van der Waals surface area contributed by atoms with E-state index in [9.17, 15) is 5.11 Å². The van der Waals surface area contributed by atoms with E-state index < -0.39 is 6.10 Å². The van der Waals surface area contributed by atoms with Crippen LogP contribution < -0.4 is 0 Å². The van der Waals surface area contributed by atoms with Crippen molar-refractivity contribution >= 4 is 0 Å². The molecule has 0 amide bonds. The van der Waals surface area contributed by atoms with Gasteiger partial charge in [-0.2, -0.15) is 0 Å². The summed E-state index contributed by atoms with van der Waals surface area (Å²) < 4.78 is 5.25. The van der Waals surface area contributed by atoms with E-state index in [1.165, 1.54) is 108 Å². The minimum absolute atomic E-state index is 0.160. The Balaban J connectivity index is 3.25. The second kappa shape index (κ2) is 25.5. The Labute approximate surface area is 194 Å². The van der Waals surface area contributed by atoms with E-state index in [1.807, 2.05) is 6.92 Å². The molecular weight excluding hydrogens is 384 g/mol. The molecule has 0 aliphatic carbocycles. The zero-order valence-corrected chi connectivity index (χ0v) is 21.0. The Bertz CT molecular complexity index is 403. The fourth-order valence-corrected chi connectivity index (χ4v) is 3.78. The SMILES string of the molecule is CCCCCCCCCCCCCCCCC/C=C\CCC/C(C)=C/OC[C@@H](O)CO.